The summed E-state index contributed by atoms with van der Waals surface area (Å²) in [4.78, 5) is 26.1. The van der Waals surface area contributed by atoms with Gasteiger partial charge in [0.1, 0.15) is 23.5 Å². The molecule has 1 heterocycles. The molecular weight excluding hydrogens is 500 g/mol. The molecule has 4 aromatic rings. The van der Waals surface area contributed by atoms with Gasteiger partial charge in [-0.1, -0.05) is 77.9 Å². The Morgan fingerprint density at radius 3 is 2.02 bits per heavy atom. The lowest BCUT2D eigenvalue weighted by molar-refractivity contribution is -0.124. The van der Waals surface area contributed by atoms with E-state index in [4.69, 9.17) is 4.74 Å². The minimum absolute atomic E-state index is 0.146. The van der Waals surface area contributed by atoms with Gasteiger partial charge in [0.05, 0.1) is 0 Å². The fourth-order valence-electron chi connectivity index (χ4n) is 4.72. The third-order valence-corrected chi connectivity index (χ3v) is 7.03. The molecule has 1 aliphatic rings. The second-order valence-electron chi connectivity index (χ2n) is 10.1. The summed E-state index contributed by atoms with van der Waals surface area (Å²) in [5, 5.41) is 15.7. The van der Waals surface area contributed by atoms with Gasteiger partial charge in [0.15, 0.2) is 0 Å². The molecule has 0 aliphatic carbocycles. The lowest BCUT2D eigenvalue weighted by atomic mass is 9.89. The molecular formula is C34H32N2O4. The SMILES string of the molecule is Cc1ccc(CNC(=O)/C=C/c2ccc3c(c2)[C@H](C(=O)NCc2ccc(C)cc2)[C@@H](c2ccc(O)cc2)O3)cc1. The van der Waals surface area contributed by atoms with Gasteiger partial charge in [0.25, 0.3) is 0 Å². The smallest absolute Gasteiger partial charge is 0.244 e. The van der Waals surface area contributed by atoms with E-state index in [9.17, 15) is 14.7 Å². The summed E-state index contributed by atoms with van der Waals surface area (Å²) in [5.74, 6) is -0.197. The molecule has 0 saturated heterocycles. The topological polar surface area (TPSA) is 87.7 Å². The first kappa shape index (κ1) is 26.8. The molecule has 2 atom stereocenters. The molecule has 0 fully saturated rings. The van der Waals surface area contributed by atoms with Crippen LogP contribution in [0.15, 0.2) is 97.1 Å². The van der Waals surface area contributed by atoms with Gasteiger partial charge in [-0.3, -0.25) is 9.59 Å². The number of hydrogen-bond acceptors (Lipinski definition) is 4. The van der Waals surface area contributed by atoms with Crippen molar-refractivity contribution in [2.75, 3.05) is 0 Å². The van der Waals surface area contributed by atoms with Gasteiger partial charge in [-0.2, -0.15) is 0 Å². The number of aromatic hydroxyl groups is 1. The second-order valence-corrected chi connectivity index (χ2v) is 10.1. The van der Waals surface area contributed by atoms with Gasteiger partial charge in [0.2, 0.25) is 11.8 Å². The summed E-state index contributed by atoms with van der Waals surface area (Å²) in [5.41, 5.74) is 6.69. The largest absolute Gasteiger partial charge is 0.508 e. The Morgan fingerprint density at radius 1 is 0.800 bits per heavy atom. The Balaban J connectivity index is 1.33. The number of amides is 2. The molecule has 0 radical (unpaired) electrons. The molecule has 3 N–H and O–H groups in total. The summed E-state index contributed by atoms with van der Waals surface area (Å²) in [6.45, 7) is 4.89. The number of fused-ring (bicyclic) bond motifs is 1. The maximum atomic E-state index is 13.6. The van der Waals surface area contributed by atoms with E-state index in [0.29, 0.717) is 18.8 Å². The van der Waals surface area contributed by atoms with Gasteiger partial charge in [-0.25, -0.2) is 0 Å². The van der Waals surface area contributed by atoms with Crippen LogP contribution in [0.2, 0.25) is 0 Å². The van der Waals surface area contributed by atoms with Crippen molar-refractivity contribution in [3.05, 3.63) is 136 Å². The van der Waals surface area contributed by atoms with Crippen LogP contribution in [-0.4, -0.2) is 16.9 Å². The van der Waals surface area contributed by atoms with Crippen LogP contribution in [0.5, 0.6) is 11.5 Å². The Labute approximate surface area is 234 Å². The maximum Gasteiger partial charge on any atom is 0.244 e. The standard InChI is InChI=1S/C34H32N2O4/c1-22-3-7-25(8-4-22)20-35-31(38)18-12-24-11-17-30-29(19-24)32(33(40-30)27-13-15-28(37)16-14-27)34(39)36-21-26-9-5-23(2)6-10-26/h3-19,32-33,37H,20-21H2,1-2H3,(H,35,38)(H,36,39)/b18-12+/t32-,33+/m0/s1. The average molecular weight is 533 g/mol. The van der Waals surface area contributed by atoms with E-state index in [1.54, 1.807) is 30.3 Å². The molecule has 0 unspecified atom stereocenters. The Hall–Kier alpha value is -4.84. The van der Waals surface area contributed by atoms with Crippen LogP contribution in [0, 0.1) is 13.8 Å². The van der Waals surface area contributed by atoms with Crippen LogP contribution in [0.25, 0.3) is 6.08 Å². The van der Waals surface area contributed by atoms with E-state index in [-0.39, 0.29) is 17.6 Å². The van der Waals surface area contributed by atoms with Crippen LogP contribution in [0.4, 0.5) is 0 Å². The molecule has 4 aromatic carbocycles. The molecule has 5 rings (SSSR count). The fraction of sp³-hybridized carbons (Fsp3) is 0.176. The number of rotatable bonds is 8. The number of hydrogen-bond donors (Lipinski definition) is 3. The zero-order chi connectivity index (χ0) is 28.1. The summed E-state index contributed by atoms with van der Waals surface area (Å²) in [7, 11) is 0. The van der Waals surface area contributed by atoms with Crippen molar-refractivity contribution in [3.63, 3.8) is 0 Å². The number of ether oxygens (including phenoxy) is 1. The van der Waals surface area contributed by atoms with Crippen molar-refractivity contribution in [1.82, 2.24) is 10.6 Å². The number of carbonyl (C=O) groups excluding carboxylic acids is 2. The van der Waals surface area contributed by atoms with Crippen LogP contribution < -0.4 is 15.4 Å². The predicted molar refractivity (Wildman–Crippen MR) is 156 cm³/mol. The Bertz CT molecular complexity index is 1520. The van der Waals surface area contributed by atoms with Crippen molar-refractivity contribution >= 4 is 17.9 Å². The molecule has 202 valence electrons. The predicted octanol–water partition coefficient (Wildman–Crippen LogP) is 5.87. The maximum absolute atomic E-state index is 13.6. The van der Waals surface area contributed by atoms with Crippen molar-refractivity contribution in [2.24, 2.45) is 0 Å². The zero-order valence-corrected chi connectivity index (χ0v) is 22.6. The first-order chi connectivity index (χ1) is 19.4. The van der Waals surface area contributed by atoms with E-state index in [2.05, 4.69) is 10.6 Å². The third-order valence-electron chi connectivity index (χ3n) is 7.03. The number of phenols is 1. The minimum Gasteiger partial charge on any atom is -0.508 e. The summed E-state index contributed by atoms with van der Waals surface area (Å²) in [6, 6.07) is 28.4. The quantitative estimate of drug-likeness (QED) is 0.248. The average Bonchev–Trinajstić information content (AvgIpc) is 3.34. The second kappa shape index (κ2) is 11.9. The zero-order valence-electron chi connectivity index (χ0n) is 22.6. The van der Waals surface area contributed by atoms with E-state index < -0.39 is 12.0 Å². The summed E-state index contributed by atoms with van der Waals surface area (Å²) < 4.78 is 6.27. The number of carbonyl (C=O) groups is 2. The summed E-state index contributed by atoms with van der Waals surface area (Å²) >= 11 is 0. The van der Waals surface area contributed by atoms with Gasteiger partial charge >= 0.3 is 0 Å². The molecule has 0 saturated carbocycles. The number of nitrogens with one attached hydrogen (secondary N) is 2. The van der Waals surface area contributed by atoms with E-state index in [0.717, 1.165) is 33.4 Å². The summed E-state index contributed by atoms with van der Waals surface area (Å²) in [6.07, 6.45) is 2.68. The van der Waals surface area contributed by atoms with Crippen molar-refractivity contribution < 1.29 is 19.4 Å². The fourth-order valence-corrected chi connectivity index (χ4v) is 4.72. The molecule has 1 aliphatic heterocycles. The highest BCUT2D eigenvalue weighted by Crippen LogP contribution is 2.47. The van der Waals surface area contributed by atoms with E-state index in [1.165, 1.54) is 11.6 Å². The lowest BCUT2D eigenvalue weighted by Crippen LogP contribution is -2.31. The normalized spacial score (nSPS) is 15.8. The molecule has 0 aromatic heterocycles. The Morgan fingerprint density at radius 2 is 1.40 bits per heavy atom. The molecule has 40 heavy (non-hydrogen) atoms. The molecule has 6 nitrogen and oxygen atoms in total. The van der Waals surface area contributed by atoms with Crippen molar-refractivity contribution in [1.29, 1.82) is 0 Å². The minimum atomic E-state index is -0.603. The van der Waals surface area contributed by atoms with Gasteiger partial charge in [0, 0.05) is 24.7 Å². The third kappa shape index (κ3) is 6.41. The highest BCUT2D eigenvalue weighted by Gasteiger charge is 2.40. The number of benzene rings is 4. The number of aryl methyl sites for hydroxylation is 2. The van der Waals surface area contributed by atoms with E-state index >= 15 is 0 Å². The van der Waals surface area contributed by atoms with Crippen molar-refractivity contribution in [2.45, 2.75) is 39.0 Å². The van der Waals surface area contributed by atoms with Gasteiger partial charge in [-0.15, -0.1) is 0 Å². The molecule has 0 bridgehead atoms. The molecule has 6 heteroatoms. The van der Waals surface area contributed by atoms with Crippen LogP contribution in [-0.2, 0) is 22.7 Å². The first-order valence-electron chi connectivity index (χ1n) is 13.3. The monoisotopic (exact) mass is 532 g/mol. The van der Waals surface area contributed by atoms with Gasteiger partial charge < -0.3 is 20.5 Å². The Kier molecular flexibility index (Phi) is 7.97. The first-order valence-corrected chi connectivity index (χ1v) is 13.3. The van der Waals surface area contributed by atoms with Crippen LogP contribution in [0.1, 0.15) is 51.0 Å². The molecule has 0 spiro atoms. The highest BCUT2D eigenvalue weighted by atomic mass is 16.5. The van der Waals surface area contributed by atoms with E-state index in [1.807, 2.05) is 80.6 Å². The molecule has 2 amide bonds. The number of phenolic OH excluding ortho intramolecular Hbond substituents is 1. The van der Waals surface area contributed by atoms with Gasteiger partial charge in [-0.05, 0) is 66.4 Å². The van der Waals surface area contributed by atoms with Crippen molar-refractivity contribution in [3.8, 4) is 11.5 Å². The van der Waals surface area contributed by atoms with Crippen LogP contribution in [0.3, 0.4) is 0 Å². The van der Waals surface area contributed by atoms with Crippen LogP contribution >= 0.6 is 0 Å². The highest BCUT2D eigenvalue weighted by molar-refractivity contribution is 5.92. The lowest BCUT2D eigenvalue weighted by Gasteiger charge is -2.19.